The van der Waals surface area contributed by atoms with Gasteiger partial charge < -0.3 is 20.3 Å². The summed E-state index contributed by atoms with van der Waals surface area (Å²) in [6.45, 7) is 2.21. The number of nitrogens with zero attached hydrogens (tertiary/aromatic N) is 3. The molecule has 0 spiro atoms. The summed E-state index contributed by atoms with van der Waals surface area (Å²) < 4.78 is 5.66. The molecule has 3 rings (SSSR count). The Morgan fingerprint density at radius 1 is 1.07 bits per heavy atom. The lowest BCUT2D eigenvalue weighted by Crippen LogP contribution is -2.32. The highest BCUT2D eigenvalue weighted by Gasteiger charge is 2.22. The Morgan fingerprint density at radius 2 is 1.83 bits per heavy atom. The number of ether oxygens (including phenoxy) is 1. The van der Waals surface area contributed by atoms with Crippen LogP contribution in [-0.4, -0.2) is 43.1 Å². The van der Waals surface area contributed by atoms with Crippen LogP contribution in [0, 0.1) is 6.92 Å². The Bertz CT molecular complexity index is 1040. The minimum Gasteiger partial charge on any atom is -0.481 e. The third kappa shape index (κ3) is 5.28. The zero-order valence-electron chi connectivity index (χ0n) is 16.1. The lowest BCUT2D eigenvalue weighted by atomic mass is 9.97. The Kier molecular flexibility index (Phi) is 6.53. The first-order chi connectivity index (χ1) is 14.4. The van der Waals surface area contributed by atoms with E-state index in [0.29, 0.717) is 0 Å². The van der Waals surface area contributed by atoms with Crippen molar-refractivity contribution in [2.75, 3.05) is 5.32 Å². The van der Waals surface area contributed by atoms with Crippen LogP contribution in [0.25, 0.3) is 11.1 Å². The number of carbonyl (C=O) groups is 2. The van der Waals surface area contributed by atoms with Crippen molar-refractivity contribution in [3.63, 3.8) is 0 Å². The molecule has 154 valence electrons. The number of anilines is 1. The summed E-state index contributed by atoms with van der Waals surface area (Å²) in [5, 5.41) is 20.4. The minimum atomic E-state index is -1.37. The standard InChI is InChI=1S/C21H20N4O5/c1-13-15(8-5-9-16(13)14-6-3-2-4-7-14)11-30-21-23-12-22-20(25-21)24-17(19(28)29)10-18(26)27/h2-9,12,17H,10-11H2,1H3,(H,26,27)(H,28,29)(H,22,23,24,25)/t17-/m1/s1. The molecule has 2 aromatic carbocycles. The van der Waals surface area contributed by atoms with Gasteiger partial charge in [-0.15, -0.1) is 0 Å². The summed E-state index contributed by atoms with van der Waals surface area (Å²) in [5.74, 6) is -2.66. The molecule has 9 nitrogen and oxygen atoms in total. The number of aliphatic carboxylic acids is 2. The second kappa shape index (κ2) is 9.46. The third-order valence-electron chi connectivity index (χ3n) is 4.42. The summed E-state index contributed by atoms with van der Waals surface area (Å²) in [6, 6.07) is 14.5. The molecule has 1 atom stereocenters. The van der Waals surface area contributed by atoms with Gasteiger partial charge in [0.2, 0.25) is 5.95 Å². The molecule has 0 aliphatic rings. The van der Waals surface area contributed by atoms with Crippen LogP contribution < -0.4 is 10.1 Å². The van der Waals surface area contributed by atoms with E-state index >= 15 is 0 Å². The summed E-state index contributed by atoms with van der Waals surface area (Å²) in [5.41, 5.74) is 4.19. The molecule has 0 radical (unpaired) electrons. The van der Waals surface area contributed by atoms with Gasteiger partial charge in [0.25, 0.3) is 0 Å². The molecule has 0 fully saturated rings. The first kappa shape index (κ1) is 20.7. The molecule has 0 amide bonds. The summed E-state index contributed by atoms with van der Waals surface area (Å²) in [6.07, 6.45) is 0.542. The molecule has 0 saturated heterocycles. The lowest BCUT2D eigenvalue weighted by molar-refractivity contribution is -0.144. The zero-order chi connectivity index (χ0) is 21.5. The van der Waals surface area contributed by atoms with Crippen molar-refractivity contribution >= 4 is 17.9 Å². The van der Waals surface area contributed by atoms with E-state index in [-0.39, 0.29) is 18.6 Å². The van der Waals surface area contributed by atoms with Crippen molar-refractivity contribution in [1.82, 2.24) is 15.0 Å². The minimum absolute atomic E-state index is 0.00326. The summed E-state index contributed by atoms with van der Waals surface area (Å²) in [4.78, 5) is 33.8. The van der Waals surface area contributed by atoms with Gasteiger partial charge in [0.15, 0.2) is 0 Å². The fourth-order valence-corrected chi connectivity index (χ4v) is 2.86. The number of rotatable bonds is 9. The molecule has 3 aromatic rings. The predicted molar refractivity (Wildman–Crippen MR) is 108 cm³/mol. The van der Waals surface area contributed by atoms with Crippen LogP contribution in [0.4, 0.5) is 5.95 Å². The van der Waals surface area contributed by atoms with Gasteiger partial charge in [-0.05, 0) is 29.2 Å². The molecule has 0 saturated carbocycles. The number of benzene rings is 2. The Labute approximate surface area is 172 Å². The van der Waals surface area contributed by atoms with Gasteiger partial charge in [0, 0.05) is 0 Å². The van der Waals surface area contributed by atoms with Gasteiger partial charge in [0.1, 0.15) is 19.0 Å². The number of aromatic nitrogens is 3. The van der Waals surface area contributed by atoms with Crippen molar-refractivity contribution in [2.24, 2.45) is 0 Å². The van der Waals surface area contributed by atoms with E-state index in [1.807, 2.05) is 55.5 Å². The van der Waals surface area contributed by atoms with Gasteiger partial charge in [-0.3, -0.25) is 4.79 Å². The number of carboxylic acid groups (broad SMARTS) is 2. The molecular weight excluding hydrogens is 388 g/mol. The van der Waals surface area contributed by atoms with E-state index in [1.165, 1.54) is 0 Å². The van der Waals surface area contributed by atoms with Crippen LogP contribution in [0.3, 0.4) is 0 Å². The van der Waals surface area contributed by atoms with E-state index in [0.717, 1.165) is 28.6 Å². The highest BCUT2D eigenvalue weighted by atomic mass is 16.5. The normalized spacial score (nSPS) is 11.5. The van der Waals surface area contributed by atoms with E-state index in [4.69, 9.17) is 14.9 Å². The maximum atomic E-state index is 11.2. The van der Waals surface area contributed by atoms with Gasteiger partial charge >= 0.3 is 17.9 Å². The number of carboxylic acids is 2. The summed E-state index contributed by atoms with van der Waals surface area (Å²) >= 11 is 0. The Morgan fingerprint density at radius 3 is 2.53 bits per heavy atom. The molecule has 0 aliphatic carbocycles. The fraction of sp³-hybridized carbons (Fsp3) is 0.190. The third-order valence-corrected chi connectivity index (χ3v) is 4.42. The maximum Gasteiger partial charge on any atom is 0.326 e. The number of nitrogens with one attached hydrogen (secondary N) is 1. The second-order valence-electron chi connectivity index (χ2n) is 6.47. The highest BCUT2D eigenvalue weighted by molar-refractivity contribution is 5.82. The van der Waals surface area contributed by atoms with E-state index < -0.39 is 24.4 Å². The van der Waals surface area contributed by atoms with Gasteiger partial charge in [-0.2, -0.15) is 9.97 Å². The molecule has 1 aromatic heterocycles. The Hall–Kier alpha value is -4.01. The van der Waals surface area contributed by atoms with Gasteiger partial charge in [-0.25, -0.2) is 9.78 Å². The van der Waals surface area contributed by atoms with Crippen LogP contribution in [0.15, 0.2) is 54.9 Å². The molecule has 30 heavy (non-hydrogen) atoms. The van der Waals surface area contributed by atoms with E-state index in [1.54, 1.807) is 0 Å². The first-order valence-electron chi connectivity index (χ1n) is 9.11. The molecule has 0 unspecified atom stereocenters. The molecule has 1 heterocycles. The second-order valence-corrected chi connectivity index (χ2v) is 6.47. The quantitative estimate of drug-likeness (QED) is 0.488. The van der Waals surface area contributed by atoms with Crippen molar-refractivity contribution in [1.29, 1.82) is 0 Å². The molecule has 3 N–H and O–H groups in total. The lowest BCUT2D eigenvalue weighted by Gasteiger charge is -2.13. The van der Waals surface area contributed by atoms with Gasteiger partial charge in [-0.1, -0.05) is 48.5 Å². The van der Waals surface area contributed by atoms with Crippen LogP contribution >= 0.6 is 0 Å². The fourth-order valence-electron chi connectivity index (χ4n) is 2.86. The molecule has 0 aliphatic heterocycles. The SMILES string of the molecule is Cc1c(COc2ncnc(N[C@H](CC(=O)O)C(=O)O)n2)cccc1-c1ccccc1. The average Bonchev–Trinajstić information content (AvgIpc) is 2.73. The first-order valence-corrected chi connectivity index (χ1v) is 9.11. The molecular formula is C21H20N4O5. The monoisotopic (exact) mass is 408 g/mol. The van der Waals surface area contributed by atoms with Crippen LogP contribution in [0.1, 0.15) is 17.5 Å². The molecule has 0 bridgehead atoms. The van der Waals surface area contributed by atoms with E-state index in [2.05, 4.69) is 20.3 Å². The largest absolute Gasteiger partial charge is 0.481 e. The van der Waals surface area contributed by atoms with Crippen LogP contribution in [-0.2, 0) is 16.2 Å². The van der Waals surface area contributed by atoms with Crippen LogP contribution in [0.2, 0.25) is 0 Å². The molecule has 9 heteroatoms. The van der Waals surface area contributed by atoms with Crippen molar-refractivity contribution in [2.45, 2.75) is 26.0 Å². The highest BCUT2D eigenvalue weighted by Crippen LogP contribution is 2.26. The Balaban J connectivity index is 1.72. The predicted octanol–water partition coefficient (Wildman–Crippen LogP) is 2.77. The van der Waals surface area contributed by atoms with E-state index in [9.17, 15) is 9.59 Å². The van der Waals surface area contributed by atoms with Gasteiger partial charge in [0.05, 0.1) is 6.42 Å². The number of hydrogen-bond donors (Lipinski definition) is 3. The maximum absolute atomic E-state index is 11.2. The average molecular weight is 408 g/mol. The smallest absolute Gasteiger partial charge is 0.326 e. The van der Waals surface area contributed by atoms with Crippen molar-refractivity contribution in [3.05, 3.63) is 66.0 Å². The summed E-state index contributed by atoms with van der Waals surface area (Å²) in [7, 11) is 0. The van der Waals surface area contributed by atoms with Crippen molar-refractivity contribution in [3.8, 4) is 17.1 Å². The number of hydrogen-bond acceptors (Lipinski definition) is 7. The topological polar surface area (TPSA) is 135 Å². The van der Waals surface area contributed by atoms with Crippen LogP contribution in [0.5, 0.6) is 6.01 Å². The van der Waals surface area contributed by atoms with Crippen molar-refractivity contribution < 1.29 is 24.5 Å². The zero-order valence-corrected chi connectivity index (χ0v) is 16.1.